The third-order valence-corrected chi connectivity index (χ3v) is 3.31. The van der Waals surface area contributed by atoms with Gasteiger partial charge < -0.3 is 9.14 Å². The molecule has 0 aliphatic carbocycles. The molecule has 2 heterocycles. The van der Waals surface area contributed by atoms with Gasteiger partial charge in [-0.1, -0.05) is 20.8 Å². The topological polar surface area (TPSA) is 47.8 Å². The molecule has 0 aliphatic rings. The molecule has 0 saturated carbocycles. The van der Waals surface area contributed by atoms with Crippen molar-refractivity contribution in [1.29, 1.82) is 0 Å². The molecule has 0 unspecified atom stereocenters. The average Bonchev–Trinajstić information content (AvgIpc) is 2.72. The number of Topliss-reactive ketones (excluding diaryl/α,β-unsaturated/α-hetero) is 1. The van der Waals surface area contributed by atoms with Crippen LogP contribution in [0, 0.1) is 12.3 Å². The van der Waals surface area contributed by atoms with Crippen LogP contribution in [0.4, 0.5) is 0 Å². The Bertz CT molecular complexity index is 690. The van der Waals surface area contributed by atoms with Gasteiger partial charge in [0.1, 0.15) is 0 Å². The first-order valence-corrected chi connectivity index (χ1v) is 6.50. The fourth-order valence-corrected chi connectivity index (χ4v) is 2.17. The number of aromatic nitrogens is 1. The largest absolute Gasteiger partial charge is 0.465 e. The summed E-state index contributed by atoms with van der Waals surface area (Å²) in [6, 6.07) is 5.28. The highest BCUT2D eigenvalue weighted by Gasteiger charge is 2.26. The van der Waals surface area contributed by atoms with Crippen LogP contribution in [0.15, 0.2) is 24.4 Å². The van der Waals surface area contributed by atoms with Gasteiger partial charge in [0.25, 0.3) is 0 Å². The minimum atomic E-state index is -0.443. The molecule has 0 saturated heterocycles. The Labute approximate surface area is 118 Å². The summed E-state index contributed by atoms with van der Waals surface area (Å²) in [5.41, 5.74) is 2.49. The van der Waals surface area contributed by atoms with Crippen LogP contribution in [0.25, 0.3) is 5.52 Å². The molecular formula is C16H19NO3. The second-order valence-electron chi connectivity index (χ2n) is 5.95. The van der Waals surface area contributed by atoms with E-state index < -0.39 is 5.41 Å². The van der Waals surface area contributed by atoms with E-state index in [0.717, 1.165) is 11.1 Å². The van der Waals surface area contributed by atoms with Crippen molar-refractivity contribution in [3.8, 4) is 0 Å². The molecule has 0 bridgehead atoms. The number of methoxy groups -OCH3 is 1. The van der Waals surface area contributed by atoms with Gasteiger partial charge in [0.2, 0.25) is 0 Å². The molecule has 0 fully saturated rings. The molecule has 0 aliphatic heterocycles. The maximum absolute atomic E-state index is 12.5. The van der Waals surface area contributed by atoms with Crippen LogP contribution >= 0.6 is 0 Å². The normalized spacial score (nSPS) is 11.7. The Balaban J connectivity index is 2.62. The molecule has 0 spiro atoms. The molecule has 2 rings (SSSR count). The fourth-order valence-electron chi connectivity index (χ4n) is 2.17. The Morgan fingerprint density at radius 2 is 1.85 bits per heavy atom. The lowest BCUT2D eigenvalue weighted by molar-refractivity contribution is 0.0600. The standard InChI is InChI=1S/C16H19NO3/c1-10-8-13(14(18)16(2,3)4)17-7-6-11(9-12(10)17)15(19)20-5/h6-9H,1-5H3. The Hall–Kier alpha value is -2.10. The molecule has 0 N–H and O–H groups in total. The van der Waals surface area contributed by atoms with E-state index in [1.807, 2.05) is 38.2 Å². The average molecular weight is 273 g/mol. The van der Waals surface area contributed by atoms with Gasteiger partial charge in [-0.05, 0) is 30.7 Å². The Kier molecular flexibility index (Phi) is 3.42. The SMILES string of the molecule is COC(=O)c1ccn2c(C(=O)C(C)(C)C)cc(C)c2c1. The number of pyridine rings is 1. The molecule has 4 heteroatoms. The van der Waals surface area contributed by atoms with Crippen LogP contribution in [0.1, 0.15) is 47.2 Å². The summed E-state index contributed by atoms with van der Waals surface area (Å²) >= 11 is 0. The van der Waals surface area contributed by atoms with Crippen LogP contribution in [-0.2, 0) is 4.74 Å². The molecule has 20 heavy (non-hydrogen) atoms. The number of aryl methyl sites for hydroxylation is 1. The monoisotopic (exact) mass is 273 g/mol. The van der Waals surface area contributed by atoms with Gasteiger partial charge in [-0.25, -0.2) is 4.79 Å². The van der Waals surface area contributed by atoms with Crippen LogP contribution in [0.2, 0.25) is 0 Å². The van der Waals surface area contributed by atoms with Gasteiger partial charge in [0, 0.05) is 17.1 Å². The highest BCUT2D eigenvalue weighted by molar-refractivity contribution is 6.00. The van der Waals surface area contributed by atoms with Crippen molar-refractivity contribution in [1.82, 2.24) is 4.40 Å². The summed E-state index contributed by atoms with van der Waals surface area (Å²) in [5, 5.41) is 0. The van der Waals surface area contributed by atoms with Crippen molar-refractivity contribution in [2.75, 3.05) is 7.11 Å². The number of esters is 1. The van der Waals surface area contributed by atoms with Crippen LogP contribution < -0.4 is 0 Å². The molecule has 4 nitrogen and oxygen atoms in total. The predicted molar refractivity (Wildman–Crippen MR) is 77.3 cm³/mol. The van der Waals surface area contributed by atoms with E-state index >= 15 is 0 Å². The molecule has 0 atom stereocenters. The van der Waals surface area contributed by atoms with Gasteiger partial charge in [-0.15, -0.1) is 0 Å². The zero-order chi connectivity index (χ0) is 15.1. The third-order valence-electron chi connectivity index (χ3n) is 3.31. The summed E-state index contributed by atoms with van der Waals surface area (Å²) in [4.78, 5) is 24.0. The van der Waals surface area contributed by atoms with Gasteiger partial charge in [0.05, 0.1) is 18.4 Å². The van der Waals surface area contributed by atoms with Gasteiger partial charge in [0.15, 0.2) is 5.78 Å². The number of hydrogen-bond acceptors (Lipinski definition) is 3. The van der Waals surface area contributed by atoms with E-state index in [0.29, 0.717) is 11.3 Å². The molecular weight excluding hydrogens is 254 g/mol. The Morgan fingerprint density at radius 3 is 2.40 bits per heavy atom. The lowest BCUT2D eigenvalue weighted by atomic mass is 9.89. The summed E-state index contributed by atoms with van der Waals surface area (Å²) in [6.45, 7) is 7.61. The Morgan fingerprint density at radius 1 is 1.20 bits per heavy atom. The number of ether oxygens (including phenoxy) is 1. The highest BCUT2D eigenvalue weighted by atomic mass is 16.5. The maximum Gasteiger partial charge on any atom is 0.337 e. The zero-order valence-corrected chi connectivity index (χ0v) is 12.5. The number of carbonyl (C=O) groups is 2. The molecule has 2 aromatic rings. The van der Waals surface area contributed by atoms with E-state index in [1.165, 1.54) is 7.11 Å². The van der Waals surface area contributed by atoms with Crippen LogP contribution in [-0.4, -0.2) is 23.3 Å². The number of rotatable bonds is 2. The number of fused-ring (bicyclic) bond motifs is 1. The first-order chi connectivity index (χ1) is 9.25. The van der Waals surface area contributed by atoms with Crippen molar-refractivity contribution in [2.45, 2.75) is 27.7 Å². The summed E-state index contributed by atoms with van der Waals surface area (Å²) in [5.74, 6) is -0.303. The zero-order valence-electron chi connectivity index (χ0n) is 12.5. The molecule has 2 aromatic heterocycles. The summed E-state index contributed by atoms with van der Waals surface area (Å²) in [7, 11) is 1.35. The van der Waals surface area contributed by atoms with Crippen molar-refractivity contribution in [3.05, 3.63) is 41.2 Å². The molecule has 0 amide bonds. The molecule has 0 aromatic carbocycles. The lowest BCUT2D eigenvalue weighted by Gasteiger charge is -2.16. The number of carbonyl (C=O) groups excluding carboxylic acids is 2. The second-order valence-corrected chi connectivity index (χ2v) is 5.95. The first-order valence-electron chi connectivity index (χ1n) is 6.50. The second kappa shape index (κ2) is 4.78. The number of nitrogens with zero attached hydrogens (tertiary/aromatic N) is 1. The van der Waals surface area contributed by atoms with E-state index in [-0.39, 0.29) is 11.8 Å². The first kappa shape index (κ1) is 14.3. The van der Waals surface area contributed by atoms with Crippen LogP contribution in [0.3, 0.4) is 0 Å². The van der Waals surface area contributed by atoms with Crippen molar-refractivity contribution in [2.24, 2.45) is 5.41 Å². The summed E-state index contributed by atoms with van der Waals surface area (Å²) < 4.78 is 6.55. The van der Waals surface area contributed by atoms with Crippen molar-refractivity contribution in [3.63, 3.8) is 0 Å². The lowest BCUT2D eigenvalue weighted by Crippen LogP contribution is -2.21. The minimum absolute atomic E-state index is 0.0754. The fraction of sp³-hybridized carbons (Fsp3) is 0.375. The van der Waals surface area contributed by atoms with E-state index in [1.54, 1.807) is 18.3 Å². The van der Waals surface area contributed by atoms with E-state index in [9.17, 15) is 9.59 Å². The van der Waals surface area contributed by atoms with Crippen molar-refractivity contribution >= 4 is 17.3 Å². The number of ketones is 1. The summed E-state index contributed by atoms with van der Waals surface area (Å²) in [6.07, 6.45) is 1.74. The van der Waals surface area contributed by atoms with Gasteiger partial charge >= 0.3 is 5.97 Å². The third kappa shape index (κ3) is 2.33. The maximum atomic E-state index is 12.5. The molecule has 106 valence electrons. The minimum Gasteiger partial charge on any atom is -0.465 e. The molecule has 0 radical (unpaired) electrons. The van der Waals surface area contributed by atoms with Crippen LogP contribution in [0.5, 0.6) is 0 Å². The predicted octanol–water partition coefficient (Wildman–Crippen LogP) is 3.26. The van der Waals surface area contributed by atoms with E-state index in [2.05, 4.69) is 0 Å². The van der Waals surface area contributed by atoms with Gasteiger partial charge in [-0.2, -0.15) is 0 Å². The van der Waals surface area contributed by atoms with Gasteiger partial charge in [-0.3, -0.25) is 4.79 Å². The smallest absolute Gasteiger partial charge is 0.337 e. The number of hydrogen-bond donors (Lipinski definition) is 0. The highest BCUT2D eigenvalue weighted by Crippen LogP contribution is 2.25. The van der Waals surface area contributed by atoms with E-state index in [4.69, 9.17) is 4.74 Å². The van der Waals surface area contributed by atoms with Crippen molar-refractivity contribution < 1.29 is 14.3 Å². The quantitative estimate of drug-likeness (QED) is 0.623.